The van der Waals surface area contributed by atoms with Gasteiger partial charge >= 0.3 is 0 Å². The molecule has 0 N–H and O–H groups in total. The predicted octanol–water partition coefficient (Wildman–Crippen LogP) is 4.07. The lowest BCUT2D eigenvalue weighted by Crippen LogP contribution is -2.20. The molecule has 5 rings (SSSR count). The van der Waals surface area contributed by atoms with Gasteiger partial charge in [-0.3, -0.25) is 9.36 Å². The number of rotatable bonds is 3. The second kappa shape index (κ2) is 6.96. The summed E-state index contributed by atoms with van der Waals surface area (Å²) in [5.41, 5.74) is 4.19. The maximum Gasteiger partial charge on any atom is 0.285 e. The normalized spacial score (nSPS) is 11.3. The van der Waals surface area contributed by atoms with Crippen molar-refractivity contribution in [3.8, 4) is 22.6 Å². The average Bonchev–Trinajstić information content (AvgIpc) is 3.10. The van der Waals surface area contributed by atoms with E-state index < -0.39 is 0 Å². The van der Waals surface area contributed by atoms with E-state index in [-0.39, 0.29) is 11.1 Å². The highest BCUT2D eigenvalue weighted by Crippen LogP contribution is 2.30. The minimum Gasteiger partial charge on any atom is -0.495 e. The number of fused-ring (bicyclic) bond motifs is 3. The van der Waals surface area contributed by atoms with Crippen LogP contribution in [0.5, 0.6) is 5.75 Å². The van der Waals surface area contributed by atoms with Gasteiger partial charge in [0.25, 0.3) is 5.56 Å². The highest BCUT2D eigenvalue weighted by molar-refractivity contribution is 6.30. The molecule has 148 valence electrons. The topological polar surface area (TPSA) is 74.3 Å². The summed E-state index contributed by atoms with van der Waals surface area (Å²) in [6.45, 7) is 1.90. The van der Waals surface area contributed by atoms with Crippen LogP contribution >= 0.6 is 11.6 Å². The minimum absolute atomic E-state index is 0.219. The average molecular weight is 418 g/mol. The molecule has 0 amide bonds. The number of hydrogen-bond acceptors (Lipinski definition) is 5. The molecule has 7 nitrogen and oxygen atoms in total. The number of nitrogens with zero attached hydrogens (tertiary/aromatic N) is 5. The van der Waals surface area contributed by atoms with Gasteiger partial charge in [-0.05, 0) is 42.8 Å². The molecule has 3 heterocycles. The van der Waals surface area contributed by atoms with E-state index >= 15 is 0 Å². The number of benzene rings is 2. The number of hydrogen-bond donors (Lipinski definition) is 0. The van der Waals surface area contributed by atoms with Crippen molar-refractivity contribution >= 4 is 28.3 Å². The van der Waals surface area contributed by atoms with Crippen molar-refractivity contribution in [2.75, 3.05) is 7.11 Å². The van der Waals surface area contributed by atoms with Crippen LogP contribution in [0.1, 0.15) is 5.69 Å². The van der Waals surface area contributed by atoms with Crippen molar-refractivity contribution < 1.29 is 4.74 Å². The van der Waals surface area contributed by atoms with E-state index in [0.29, 0.717) is 27.6 Å². The van der Waals surface area contributed by atoms with Gasteiger partial charge in [0.15, 0.2) is 11.2 Å². The highest BCUT2D eigenvalue weighted by Gasteiger charge is 2.18. The molecule has 0 saturated carbocycles. The number of pyridine rings is 1. The maximum absolute atomic E-state index is 13.2. The van der Waals surface area contributed by atoms with E-state index in [1.165, 1.54) is 4.57 Å². The Morgan fingerprint density at radius 3 is 2.67 bits per heavy atom. The van der Waals surface area contributed by atoms with Crippen LogP contribution in [0.2, 0.25) is 5.02 Å². The molecule has 5 aromatic rings. The van der Waals surface area contributed by atoms with Gasteiger partial charge in [0.1, 0.15) is 11.3 Å². The number of methoxy groups -OCH3 is 1. The molecule has 8 heteroatoms. The zero-order valence-electron chi connectivity index (χ0n) is 16.2. The maximum atomic E-state index is 13.2. The molecule has 3 aromatic heterocycles. The molecular weight excluding hydrogens is 402 g/mol. The summed E-state index contributed by atoms with van der Waals surface area (Å²) in [6, 6.07) is 16.6. The monoisotopic (exact) mass is 417 g/mol. The largest absolute Gasteiger partial charge is 0.495 e. The Kier molecular flexibility index (Phi) is 4.25. The Balaban J connectivity index is 1.78. The number of halogens is 1. The zero-order valence-corrected chi connectivity index (χ0v) is 17.0. The standard InChI is InChI=1S/C22H16ClN5O2/c1-13-19(14-6-5-7-15(23)12-14)21-25-24-20-17(28(21)26-13)10-11-27(22(20)29)16-8-3-4-9-18(16)30-2/h3-12H,1-2H3. The summed E-state index contributed by atoms with van der Waals surface area (Å²) in [5.74, 6) is 0.589. The highest BCUT2D eigenvalue weighted by atomic mass is 35.5. The second-order valence-corrected chi connectivity index (χ2v) is 7.24. The molecular formula is C22H16ClN5O2. The van der Waals surface area contributed by atoms with E-state index in [2.05, 4.69) is 15.3 Å². The van der Waals surface area contributed by atoms with Crippen LogP contribution in [0.15, 0.2) is 65.6 Å². The first kappa shape index (κ1) is 18.3. The summed E-state index contributed by atoms with van der Waals surface area (Å²) in [4.78, 5) is 13.2. The predicted molar refractivity (Wildman–Crippen MR) is 116 cm³/mol. The quantitative estimate of drug-likeness (QED) is 0.442. The minimum atomic E-state index is -0.302. The molecule has 0 bridgehead atoms. The summed E-state index contributed by atoms with van der Waals surface area (Å²) in [7, 11) is 1.57. The van der Waals surface area contributed by atoms with Crippen molar-refractivity contribution in [1.29, 1.82) is 0 Å². The Morgan fingerprint density at radius 1 is 1.03 bits per heavy atom. The first-order valence-electron chi connectivity index (χ1n) is 9.25. The van der Waals surface area contributed by atoms with Crippen molar-refractivity contribution in [3.05, 3.63) is 81.9 Å². The zero-order chi connectivity index (χ0) is 20.8. The van der Waals surface area contributed by atoms with Crippen LogP contribution in [0.25, 0.3) is 33.5 Å². The van der Waals surface area contributed by atoms with Crippen LogP contribution in [-0.4, -0.2) is 31.5 Å². The van der Waals surface area contributed by atoms with Crippen LogP contribution < -0.4 is 10.3 Å². The molecule has 0 saturated heterocycles. The molecule has 0 aliphatic heterocycles. The molecule has 0 atom stereocenters. The summed E-state index contributed by atoms with van der Waals surface area (Å²) in [6.07, 6.45) is 1.69. The van der Waals surface area contributed by atoms with E-state index in [9.17, 15) is 4.79 Å². The van der Waals surface area contributed by atoms with E-state index in [4.69, 9.17) is 16.3 Å². The lowest BCUT2D eigenvalue weighted by Gasteiger charge is -2.11. The fraction of sp³-hybridized carbons (Fsp3) is 0.0909. The van der Waals surface area contributed by atoms with E-state index in [0.717, 1.165) is 16.8 Å². The summed E-state index contributed by atoms with van der Waals surface area (Å²) in [5, 5.41) is 13.8. The Morgan fingerprint density at radius 2 is 1.87 bits per heavy atom. The second-order valence-electron chi connectivity index (χ2n) is 6.80. The Labute approximate surface area is 176 Å². The first-order valence-corrected chi connectivity index (χ1v) is 9.63. The fourth-order valence-electron chi connectivity index (χ4n) is 3.65. The van der Waals surface area contributed by atoms with Crippen molar-refractivity contribution in [3.63, 3.8) is 0 Å². The molecule has 30 heavy (non-hydrogen) atoms. The third kappa shape index (κ3) is 2.74. The van der Waals surface area contributed by atoms with Gasteiger partial charge in [0.05, 0.1) is 24.1 Å². The van der Waals surface area contributed by atoms with Gasteiger partial charge in [-0.25, -0.2) is 4.52 Å². The van der Waals surface area contributed by atoms with Crippen molar-refractivity contribution in [1.82, 2.24) is 24.4 Å². The van der Waals surface area contributed by atoms with Crippen LogP contribution in [-0.2, 0) is 0 Å². The van der Waals surface area contributed by atoms with E-state index in [1.807, 2.05) is 49.4 Å². The molecule has 0 unspecified atom stereocenters. The van der Waals surface area contributed by atoms with Crippen molar-refractivity contribution in [2.45, 2.75) is 6.92 Å². The molecule has 0 aliphatic rings. The Hall–Kier alpha value is -3.71. The Bertz CT molecular complexity index is 1490. The smallest absolute Gasteiger partial charge is 0.285 e. The van der Waals surface area contributed by atoms with E-state index in [1.54, 1.807) is 30.0 Å². The lowest BCUT2D eigenvalue weighted by atomic mass is 10.1. The molecule has 0 spiro atoms. The molecule has 2 aromatic carbocycles. The van der Waals surface area contributed by atoms with Gasteiger partial charge in [-0.1, -0.05) is 35.9 Å². The van der Waals surface area contributed by atoms with Crippen molar-refractivity contribution in [2.24, 2.45) is 0 Å². The van der Waals surface area contributed by atoms with Crippen LogP contribution in [0.4, 0.5) is 0 Å². The molecule has 0 radical (unpaired) electrons. The number of para-hydroxylation sites is 2. The number of aromatic nitrogens is 5. The summed E-state index contributed by atoms with van der Waals surface area (Å²) < 4.78 is 8.54. The summed E-state index contributed by atoms with van der Waals surface area (Å²) >= 11 is 6.16. The number of ether oxygens (including phenoxy) is 1. The van der Waals surface area contributed by atoms with Gasteiger partial charge in [0, 0.05) is 11.2 Å². The SMILES string of the molecule is COc1ccccc1-n1ccc2c(nnc3c(-c4cccc(Cl)c4)c(C)nn32)c1=O. The van der Waals surface area contributed by atoms with Crippen LogP contribution in [0, 0.1) is 6.92 Å². The lowest BCUT2D eigenvalue weighted by molar-refractivity contribution is 0.412. The van der Waals surface area contributed by atoms with Gasteiger partial charge in [-0.2, -0.15) is 5.10 Å². The fourth-order valence-corrected chi connectivity index (χ4v) is 3.84. The van der Waals surface area contributed by atoms with Crippen LogP contribution in [0.3, 0.4) is 0 Å². The third-order valence-electron chi connectivity index (χ3n) is 5.01. The van der Waals surface area contributed by atoms with Gasteiger partial charge in [0.2, 0.25) is 0 Å². The number of aryl methyl sites for hydroxylation is 1. The first-order chi connectivity index (χ1) is 14.6. The van der Waals surface area contributed by atoms with Gasteiger partial charge < -0.3 is 4.74 Å². The van der Waals surface area contributed by atoms with Gasteiger partial charge in [-0.15, -0.1) is 10.2 Å². The third-order valence-corrected chi connectivity index (χ3v) is 5.25. The molecule has 0 fully saturated rings. The molecule has 0 aliphatic carbocycles.